The lowest BCUT2D eigenvalue weighted by atomic mass is 10.1. The second kappa shape index (κ2) is 9.00. The predicted molar refractivity (Wildman–Crippen MR) is 118 cm³/mol. The van der Waals surface area contributed by atoms with Crippen LogP contribution in [-0.4, -0.2) is 26.4 Å². The van der Waals surface area contributed by atoms with Crippen molar-refractivity contribution in [3.63, 3.8) is 0 Å². The molecule has 0 saturated heterocycles. The lowest BCUT2D eigenvalue weighted by molar-refractivity contribution is -0.118. The first kappa shape index (κ1) is 20.0. The van der Waals surface area contributed by atoms with E-state index >= 15 is 0 Å². The SMILES string of the molecule is Cc1cccc(CNC(=O)CSc2nnc(-c3ccoc3C)n2-c2ccccc2)c1. The maximum atomic E-state index is 12.4. The lowest BCUT2D eigenvalue weighted by Gasteiger charge is -2.10. The van der Waals surface area contributed by atoms with E-state index in [1.165, 1.54) is 17.3 Å². The Balaban J connectivity index is 1.51. The number of thioether (sulfide) groups is 1. The first-order chi connectivity index (χ1) is 14.6. The largest absolute Gasteiger partial charge is 0.469 e. The van der Waals surface area contributed by atoms with Crippen LogP contribution in [0.5, 0.6) is 0 Å². The number of furan rings is 1. The Hall–Kier alpha value is -3.32. The summed E-state index contributed by atoms with van der Waals surface area (Å²) in [5.74, 6) is 1.66. The van der Waals surface area contributed by atoms with Gasteiger partial charge in [-0.15, -0.1) is 10.2 Å². The van der Waals surface area contributed by atoms with Gasteiger partial charge >= 0.3 is 0 Å². The van der Waals surface area contributed by atoms with E-state index in [9.17, 15) is 4.79 Å². The van der Waals surface area contributed by atoms with Crippen molar-refractivity contribution < 1.29 is 9.21 Å². The average Bonchev–Trinajstić information content (AvgIpc) is 3.37. The van der Waals surface area contributed by atoms with Gasteiger partial charge in [0.05, 0.1) is 17.6 Å². The van der Waals surface area contributed by atoms with E-state index in [1.807, 2.05) is 73.0 Å². The molecule has 152 valence electrons. The van der Waals surface area contributed by atoms with Crippen LogP contribution in [-0.2, 0) is 11.3 Å². The maximum absolute atomic E-state index is 12.4. The highest BCUT2D eigenvalue weighted by atomic mass is 32.2. The number of aromatic nitrogens is 3. The summed E-state index contributed by atoms with van der Waals surface area (Å²) >= 11 is 1.36. The molecule has 1 amide bonds. The van der Waals surface area contributed by atoms with Gasteiger partial charge in [0, 0.05) is 12.2 Å². The van der Waals surface area contributed by atoms with Crippen LogP contribution in [0.25, 0.3) is 17.1 Å². The minimum Gasteiger partial charge on any atom is -0.469 e. The molecule has 0 unspecified atom stereocenters. The normalized spacial score (nSPS) is 10.9. The van der Waals surface area contributed by atoms with E-state index in [1.54, 1.807) is 6.26 Å². The van der Waals surface area contributed by atoms with Crippen LogP contribution in [0.3, 0.4) is 0 Å². The molecule has 0 saturated carbocycles. The summed E-state index contributed by atoms with van der Waals surface area (Å²) in [4.78, 5) is 12.4. The van der Waals surface area contributed by atoms with Gasteiger partial charge in [-0.1, -0.05) is 59.8 Å². The fourth-order valence-corrected chi connectivity index (χ4v) is 3.95. The monoisotopic (exact) mass is 418 g/mol. The summed E-state index contributed by atoms with van der Waals surface area (Å²) in [6.45, 7) is 4.44. The van der Waals surface area contributed by atoms with Crippen molar-refractivity contribution in [2.75, 3.05) is 5.75 Å². The molecule has 0 aliphatic rings. The Kier molecular flexibility index (Phi) is 5.99. The number of hydrogen-bond acceptors (Lipinski definition) is 5. The molecule has 7 heteroatoms. The number of rotatable bonds is 7. The smallest absolute Gasteiger partial charge is 0.230 e. The van der Waals surface area contributed by atoms with Crippen LogP contribution in [0.2, 0.25) is 0 Å². The number of aryl methyl sites for hydroxylation is 2. The second-order valence-corrected chi connectivity index (χ2v) is 7.86. The predicted octanol–water partition coefficient (Wildman–Crippen LogP) is 4.55. The molecule has 1 N–H and O–H groups in total. The Bertz CT molecular complexity index is 1150. The summed E-state index contributed by atoms with van der Waals surface area (Å²) in [5, 5.41) is 12.3. The van der Waals surface area contributed by atoms with E-state index < -0.39 is 0 Å². The van der Waals surface area contributed by atoms with Crippen molar-refractivity contribution in [1.82, 2.24) is 20.1 Å². The summed E-state index contributed by atoms with van der Waals surface area (Å²) in [7, 11) is 0. The van der Waals surface area contributed by atoms with E-state index in [0.29, 0.717) is 17.5 Å². The molecule has 0 radical (unpaired) electrons. The van der Waals surface area contributed by atoms with Gasteiger partial charge in [0.25, 0.3) is 0 Å². The molecule has 0 bridgehead atoms. The second-order valence-electron chi connectivity index (χ2n) is 6.92. The van der Waals surface area contributed by atoms with E-state index in [4.69, 9.17) is 4.42 Å². The first-order valence-corrected chi connectivity index (χ1v) is 10.6. The zero-order valence-corrected chi connectivity index (χ0v) is 17.6. The standard InChI is InChI=1S/C23H22N4O2S/c1-16-7-6-8-18(13-16)14-24-21(28)15-30-23-26-25-22(20-11-12-29-17(20)2)27(23)19-9-4-3-5-10-19/h3-13H,14-15H2,1-2H3,(H,24,28). The molecular formula is C23H22N4O2S. The number of carbonyl (C=O) groups is 1. The molecule has 0 fully saturated rings. The van der Waals surface area contributed by atoms with Crippen molar-refractivity contribution >= 4 is 17.7 Å². The van der Waals surface area contributed by atoms with E-state index in [0.717, 1.165) is 22.6 Å². The molecular weight excluding hydrogens is 396 g/mol. The van der Waals surface area contributed by atoms with Crippen molar-refractivity contribution in [3.05, 3.63) is 83.8 Å². The Morgan fingerprint density at radius 3 is 2.63 bits per heavy atom. The highest BCUT2D eigenvalue weighted by Gasteiger charge is 2.19. The van der Waals surface area contributed by atoms with Crippen molar-refractivity contribution in [2.24, 2.45) is 0 Å². The lowest BCUT2D eigenvalue weighted by Crippen LogP contribution is -2.24. The summed E-state index contributed by atoms with van der Waals surface area (Å²) < 4.78 is 7.40. The highest BCUT2D eigenvalue weighted by molar-refractivity contribution is 7.99. The number of hydrogen-bond donors (Lipinski definition) is 1. The zero-order chi connectivity index (χ0) is 20.9. The zero-order valence-electron chi connectivity index (χ0n) is 16.8. The van der Waals surface area contributed by atoms with Crippen LogP contribution in [0.15, 0.2) is 76.5 Å². The molecule has 0 atom stereocenters. The van der Waals surface area contributed by atoms with Crippen molar-refractivity contribution in [1.29, 1.82) is 0 Å². The van der Waals surface area contributed by atoms with Gasteiger partial charge in [0.1, 0.15) is 5.76 Å². The fraction of sp³-hybridized carbons (Fsp3) is 0.174. The van der Waals surface area contributed by atoms with Crippen molar-refractivity contribution in [2.45, 2.75) is 25.5 Å². The molecule has 2 aromatic heterocycles. The van der Waals surface area contributed by atoms with Crippen LogP contribution >= 0.6 is 11.8 Å². The topological polar surface area (TPSA) is 73.0 Å². The van der Waals surface area contributed by atoms with Crippen LogP contribution < -0.4 is 5.32 Å². The fourth-order valence-electron chi connectivity index (χ4n) is 3.17. The van der Waals surface area contributed by atoms with Crippen molar-refractivity contribution in [3.8, 4) is 17.1 Å². The first-order valence-electron chi connectivity index (χ1n) is 9.62. The summed E-state index contributed by atoms with van der Waals surface area (Å²) in [6.07, 6.45) is 1.64. The van der Waals surface area contributed by atoms with Gasteiger partial charge in [0.2, 0.25) is 5.91 Å². The minimum atomic E-state index is -0.0508. The number of para-hydroxylation sites is 1. The molecule has 0 aliphatic heterocycles. The Morgan fingerprint density at radius 1 is 1.07 bits per heavy atom. The molecule has 30 heavy (non-hydrogen) atoms. The third-order valence-electron chi connectivity index (χ3n) is 4.65. The van der Waals surface area contributed by atoms with Gasteiger partial charge in [-0.3, -0.25) is 9.36 Å². The molecule has 2 heterocycles. The maximum Gasteiger partial charge on any atom is 0.230 e. The van der Waals surface area contributed by atoms with Crippen LogP contribution in [0, 0.1) is 13.8 Å². The highest BCUT2D eigenvalue weighted by Crippen LogP contribution is 2.30. The molecule has 6 nitrogen and oxygen atoms in total. The van der Waals surface area contributed by atoms with Gasteiger partial charge in [-0.25, -0.2) is 0 Å². The molecule has 0 aliphatic carbocycles. The number of nitrogens with one attached hydrogen (secondary N) is 1. The molecule has 4 rings (SSSR count). The van der Waals surface area contributed by atoms with Gasteiger partial charge in [-0.2, -0.15) is 0 Å². The number of carbonyl (C=O) groups excluding carboxylic acids is 1. The Morgan fingerprint density at radius 2 is 1.90 bits per heavy atom. The van der Waals surface area contributed by atoms with E-state index in [2.05, 4.69) is 21.6 Å². The third-order valence-corrected chi connectivity index (χ3v) is 5.58. The average molecular weight is 419 g/mol. The van der Waals surface area contributed by atoms with Crippen LogP contribution in [0.4, 0.5) is 0 Å². The molecule has 0 spiro atoms. The van der Waals surface area contributed by atoms with Gasteiger partial charge in [-0.05, 0) is 37.6 Å². The molecule has 4 aromatic rings. The number of amides is 1. The Labute approximate surface area is 179 Å². The van der Waals surface area contributed by atoms with Gasteiger partial charge in [0.15, 0.2) is 11.0 Å². The van der Waals surface area contributed by atoms with Gasteiger partial charge < -0.3 is 9.73 Å². The summed E-state index contributed by atoms with van der Waals surface area (Å²) in [5.41, 5.74) is 4.07. The number of benzene rings is 2. The van der Waals surface area contributed by atoms with E-state index in [-0.39, 0.29) is 11.7 Å². The quantitative estimate of drug-likeness (QED) is 0.446. The number of nitrogens with zero attached hydrogens (tertiary/aromatic N) is 3. The summed E-state index contributed by atoms with van der Waals surface area (Å²) in [6, 6.07) is 19.8. The third kappa shape index (κ3) is 4.46. The van der Waals surface area contributed by atoms with Crippen LogP contribution in [0.1, 0.15) is 16.9 Å². The minimum absolute atomic E-state index is 0.0508. The molecule has 2 aromatic carbocycles.